The molecule has 0 saturated heterocycles. The van der Waals surface area contributed by atoms with Crippen molar-refractivity contribution in [3.8, 4) is 0 Å². The van der Waals surface area contributed by atoms with Gasteiger partial charge < -0.3 is 10.4 Å². The number of rotatable bonds is 3. The monoisotopic (exact) mass is 119 g/mol. The molecule has 2 N–H and O–H groups in total. The summed E-state index contributed by atoms with van der Waals surface area (Å²) < 4.78 is 0. The van der Waals surface area contributed by atoms with Crippen LogP contribution in [0.2, 0.25) is 0 Å². The van der Waals surface area contributed by atoms with Gasteiger partial charge in [-0.3, -0.25) is 0 Å². The van der Waals surface area contributed by atoms with Gasteiger partial charge in [0.05, 0.1) is 0 Å². The lowest BCUT2D eigenvalue weighted by Gasteiger charge is -2.05. The molecule has 0 aliphatic rings. The molecule has 0 atom stereocenters. The SMILES string of the molecule is CCCCN(C)C.O. The van der Waals surface area contributed by atoms with Crippen LogP contribution >= 0.6 is 0 Å². The third-order valence-corrected chi connectivity index (χ3v) is 0.959. The molecule has 0 rings (SSSR count). The second kappa shape index (κ2) is 6.92. The summed E-state index contributed by atoms with van der Waals surface area (Å²) in [6.07, 6.45) is 2.63. The number of nitrogens with zero attached hydrogens (tertiary/aromatic N) is 1. The van der Waals surface area contributed by atoms with Gasteiger partial charge in [-0.25, -0.2) is 0 Å². The van der Waals surface area contributed by atoms with Crippen molar-refractivity contribution in [3.05, 3.63) is 0 Å². The minimum atomic E-state index is 0. The van der Waals surface area contributed by atoms with Crippen LogP contribution in [0.4, 0.5) is 0 Å². The molecule has 0 aliphatic carbocycles. The number of hydrogen-bond donors (Lipinski definition) is 0. The number of unbranched alkanes of at least 4 members (excludes halogenated alkanes) is 1. The molecular weight excluding hydrogens is 102 g/mol. The molecule has 0 spiro atoms. The topological polar surface area (TPSA) is 34.7 Å². The molecule has 0 aromatic rings. The van der Waals surface area contributed by atoms with Gasteiger partial charge in [-0.05, 0) is 27.1 Å². The molecule has 0 amide bonds. The van der Waals surface area contributed by atoms with E-state index >= 15 is 0 Å². The molecule has 0 bridgehead atoms. The molecule has 0 aromatic heterocycles. The van der Waals surface area contributed by atoms with Crippen LogP contribution in [0.25, 0.3) is 0 Å². The minimum absolute atomic E-state index is 0. The van der Waals surface area contributed by atoms with E-state index in [4.69, 9.17) is 0 Å². The zero-order valence-electron chi connectivity index (χ0n) is 6.07. The first kappa shape index (κ1) is 10.8. The van der Waals surface area contributed by atoms with Crippen LogP contribution in [0.5, 0.6) is 0 Å². The Morgan fingerprint density at radius 3 is 1.88 bits per heavy atom. The van der Waals surface area contributed by atoms with E-state index in [0.717, 1.165) is 0 Å². The summed E-state index contributed by atoms with van der Waals surface area (Å²) in [5, 5.41) is 0. The van der Waals surface area contributed by atoms with Gasteiger partial charge in [0.1, 0.15) is 0 Å². The second-order valence-corrected chi connectivity index (χ2v) is 2.16. The van der Waals surface area contributed by atoms with Crippen molar-refractivity contribution in [2.24, 2.45) is 0 Å². The summed E-state index contributed by atoms with van der Waals surface area (Å²) in [7, 11) is 4.21. The molecular formula is C6H17NO. The van der Waals surface area contributed by atoms with E-state index in [1.807, 2.05) is 0 Å². The van der Waals surface area contributed by atoms with E-state index in [-0.39, 0.29) is 5.48 Å². The maximum absolute atomic E-state index is 2.21. The summed E-state index contributed by atoms with van der Waals surface area (Å²) in [5.74, 6) is 0. The largest absolute Gasteiger partial charge is 0.412 e. The van der Waals surface area contributed by atoms with Crippen molar-refractivity contribution in [3.63, 3.8) is 0 Å². The van der Waals surface area contributed by atoms with Crippen molar-refractivity contribution < 1.29 is 5.48 Å². The fourth-order valence-corrected chi connectivity index (χ4v) is 0.474. The highest BCUT2D eigenvalue weighted by Crippen LogP contribution is 1.86. The van der Waals surface area contributed by atoms with Crippen LogP contribution in [0, 0.1) is 0 Å². The van der Waals surface area contributed by atoms with Crippen LogP contribution in [0.1, 0.15) is 19.8 Å². The highest BCUT2D eigenvalue weighted by Gasteiger charge is 1.83. The lowest BCUT2D eigenvalue weighted by molar-refractivity contribution is 0.398. The predicted octanol–water partition coefficient (Wildman–Crippen LogP) is 0.523. The van der Waals surface area contributed by atoms with Crippen molar-refractivity contribution in [2.75, 3.05) is 20.6 Å². The summed E-state index contributed by atoms with van der Waals surface area (Å²) in [6.45, 7) is 3.44. The zero-order valence-corrected chi connectivity index (χ0v) is 6.07. The highest BCUT2D eigenvalue weighted by molar-refractivity contribution is 4.39. The zero-order chi connectivity index (χ0) is 5.70. The Balaban J connectivity index is 0. The first-order valence-corrected chi connectivity index (χ1v) is 2.92. The Kier molecular flexibility index (Phi) is 9.36. The maximum atomic E-state index is 2.21. The standard InChI is InChI=1S/C6H15N.H2O/c1-4-5-6-7(2)3;/h4-6H2,1-3H3;1H2. The molecule has 0 aliphatic heterocycles. The fraction of sp³-hybridized carbons (Fsp3) is 1.00. The number of hydrogen-bond acceptors (Lipinski definition) is 1. The first-order chi connectivity index (χ1) is 3.27. The van der Waals surface area contributed by atoms with Crippen molar-refractivity contribution >= 4 is 0 Å². The molecule has 52 valence electrons. The molecule has 2 nitrogen and oxygen atoms in total. The van der Waals surface area contributed by atoms with Crippen LogP contribution in [-0.4, -0.2) is 31.0 Å². The first-order valence-electron chi connectivity index (χ1n) is 2.92. The van der Waals surface area contributed by atoms with E-state index in [0.29, 0.717) is 0 Å². The van der Waals surface area contributed by atoms with Crippen LogP contribution in [0.15, 0.2) is 0 Å². The molecule has 0 radical (unpaired) electrons. The van der Waals surface area contributed by atoms with Gasteiger partial charge in [-0.2, -0.15) is 0 Å². The average molecular weight is 119 g/mol. The lowest BCUT2D eigenvalue weighted by atomic mass is 10.3. The Morgan fingerprint density at radius 1 is 1.25 bits per heavy atom. The van der Waals surface area contributed by atoms with Gasteiger partial charge >= 0.3 is 0 Å². The molecule has 0 unspecified atom stereocenters. The van der Waals surface area contributed by atoms with Crippen molar-refractivity contribution in [1.29, 1.82) is 0 Å². The Hall–Kier alpha value is -0.0800. The van der Waals surface area contributed by atoms with Gasteiger partial charge in [0.2, 0.25) is 0 Å². The van der Waals surface area contributed by atoms with E-state index in [2.05, 4.69) is 25.9 Å². The van der Waals surface area contributed by atoms with Crippen molar-refractivity contribution in [2.45, 2.75) is 19.8 Å². The molecule has 8 heavy (non-hydrogen) atoms. The predicted molar refractivity (Wildman–Crippen MR) is 37.1 cm³/mol. The van der Waals surface area contributed by atoms with Crippen LogP contribution in [-0.2, 0) is 0 Å². The second-order valence-electron chi connectivity index (χ2n) is 2.16. The summed E-state index contributed by atoms with van der Waals surface area (Å²) in [4.78, 5) is 2.21. The maximum Gasteiger partial charge on any atom is -0.00249 e. The quantitative estimate of drug-likeness (QED) is 0.533. The average Bonchev–Trinajstić information content (AvgIpc) is 1.61. The smallest absolute Gasteiger partial charge is 0.00249 e. The van der Waals surface area contributed by atoms with Gasteiger partial charge in [-0.1, -0.05) is 13.3 Å². The minimum Gasteiger partial charge on any atom is -0.412 e. The molecule has 0 heterocycles. The normalized spacial score (nSPS) is 9.00. The Bertz CT molecular complexity index is 37.5. The van der Waals surface area contributed by atoms with Gasteiger partial charge in [0.25, 0.3) is 0 Å². The summed E-state index contributed by atoms with van der Waals surface area (Å²) in [5.41, 5.74) is 0. The van der Waals surface area contributed by atoms with E-state index in [1.54, 1.807) is 0 Å². The van der Waals surface area contributed by atoms with Gasteiger partial charge in [-0.15, -0.1) is 0 Å². The van der Waals surface area contributed by atoms with Crippen LogP contribution < -0.4 is 0 Å². The molecule has 0 aromatic carbocycles. The van der Waals surface area contributed by atoms with Crippen LogP contribution in [0.3, 0.4) is 0 Å². The molecule has 0 saturated carbocycles. The fourth-order valence-electron chi connectivity index (χ4n) is 0.474. The Morgan fingerprint density at radius 2 is 1.75 bits per heavy atom. The summed E-state index contributed by atoms with van der Waals surface area (Å²) in [6, 6.07) is 0. The van der Waals surface area contributed by atoms with E-state index < -0.39 is 0 Å². The molecule has 0 fully saturated rings. The van der Waals surface area contributed by atoms with Gasteiger partial charge in [0, 0.05) is 0 Å². The third-order valence-electron chi connectivity index (χ3n) is 0.959. The van der Waals surface area contributed by atoms with E-state index in [1.165, 1.54) is 19.4 Å². The lowest BCUT2D eigenvalue weighted by Crippen LogP contribution is -2.12. The van der Waals surface area contributed by atoms with E-state index in [9.17, 15) is 0 Å². The third kappa shape index (κ3) is 9.33. The molecule has 2 heteroatoms. The summed E-state index contributed by atoms with van der Waals surface area (Å²) >= 11 is 0. The van der Waals surface area contributed by atoms with Gasteiger partial charge in [0.15, 0.2) is 0 Å². The Labute approximate surface area is 51.8 Å². The van der Waals surface area contributed by atoms with Crippen molar-refractivity contribution in [1.82, 2.24) is 4.90 Å². The highest BCUT2D eigenvalue weighted by atomic mass is 16.0.